The first-order valence-corrected chi connectivity index (χ1v) is 3.87. The van der Waals surface area contributed by atoms with Crippen LogP contribution in [0.2, 0.25) is 0 Å². The number of fused-ring (bicyclic) bond motifs is 1. The zero-order valence-electron chi connectivity index (χ0n) is 6.77. The van der Waals surface area contributed by atoms with E-state index in [1.165, 1.54) is 12.1 Å². The Morgan fingerprint density at radius 1 is 1.25 bits per heavy atom. The monoisotopic (exact) mass is 169 g/mol. The molecule has 0 spiro atoms. The summed E-state index contributed by atoms with van der Waals surface area (Å²) in [5.74, 6) is -1.51. The van der Waals surface area contributed by atoms with Gasteiger partial charge in [-0.05, 0) is 18.1 Å². The van der Waals surface area contributed by atoms with E-state index in [1.54, 1.807) is 0 Å². The van der Waals surface area contributed by atoms with Crippen molar-refractivity contribution >= 4 is 5.69 Å². The third-order valence-electron chi connectivity index (χ3n) is 2.25. The van der Waals surface area contributed by atoms with Gasteiger partial charge in [-0.1, -0.05) is 0 Å². The Morgan fingerprint density at radius 3 is 2.67 bits per heavy atom. The molecule has 0 aromatic heterocycles. The van der Waals surface area contributed by atoms with E-state index in [0.29, 0.717) is 0 Å². The Kier molecular flexibility index (Phi) is 1.53. The molecule has 1 aliphatic heterocycles. The fraction of sp³-hybridized carbons (Fsp3) is 0.333. The number of anilines is 1. The summed E-state index contributed by atoms with van der Waals surface area (Å²) in [6.45, 7) is 0.845. The molecular formula is C9H9F2N. The van der Waals surface area contributed by atoms with Crippen LogP contribution in [0, 0.1) is 11.6 Å². The summed E-state index contributed by atoms with van der Waals surface area (Å²) >= 11 is 0. The topological polar surface area (TPSA) is 3.24 Å². The molecule has 1 heterocycles. The Balaban J connectivity index is 2.56. The maximum atomic E-state index is 12.7. The lowest BCUT2D eigenvalue weighted by Crippen LogP contribution is -2.12. The van der Waals surface area contributed by atoms with Gasteiger partial charge in [0.1, 0.15) is 0 Å². The van der Waals surface area contributed by atoms with Gasteiger partial charge in [-0.3, -0.25) is 0 Å². The summed E-state index contributed by atoms with van der Waals surface area (Å²) in [4.78, 5) is 1.93. The van der Waals surface area contributed by atoms with E-state index in [9.17, 15) is 8.78 Å². The molecule has 1 aromatic carbocycles. The number of hydrogen-bond acceptors (Lipinski definition) is 1. The van der Waals surface area contributed by atoms with Crippen LogP contribution in [0.25, 0.3) is 0 Å². The summed E-state index contributed by atoms with van der Waals surface area (Å²) in [5.41, 5.74) is 1.71. The van der Waals surface area contributed by atoms with Crippen molar-refractivity contribution in [3.8, 4) is 0 Å². The molecule has 0 saturated carbocycles. The minimum atomic E-state index is -0.762. The third-order valence-corrected chi connectivity index (χ3v) is 2.25. The van der Waals surface area contributed by atoms with E-state index in [1.807, 2.05) is 11.9 Å². The van der Waals surface area contributed by atoms with E-state index in [4.69, 9.17) is 0 Å². The fourth-order valence-electron chi connectivity index (χ4n) is 1.54. The highest BCUT2D eigenvalue weighted by Gasteiger charge is 2.18. The molecule has 0 amide bonds. The minimum Gasteiger partial charge on any atom is -0.374 e. The number of halogens is 2. The van der Waals surface area contributed by atoms with Crippen LogP contribution < -0.4 is 4.90 Å². The van der Waals surface area contributed by atoms with E-state index >= 15 is 0 Å². The highest BCUT2D eigenvalue weighted by Crippen LogP contribution is 2.28. The van der Waals surface area contributed by atoms with Crippen molar-refractivity contribution in [1.82, 2.24) is 0 Å². The molecule has 1 aliphatic rings. The summed E-state index contributed by atoms with van der Waals surface area (Å²) in [5, 5.41) is 0. The molecule has 2 rings (SSSR count). The van der Waals surface area contributed by atoms with Crippen molar-refractivity contribution in [2.75, 3.05) is 18.5 Å². The van der Waals surface area contributed by atoms with Crippen LogP contribution in [0.1, 0.15) is 5.56 Å². The van der Waals surface area contributed by atoms with E-state index < -0.39 is 11.6 Å². The predicted molar refractivity (Wildman–Crippen MR) is 43.3 cm³/mol. The zero-order chi connectivity index (χ0) is 8.72. The molecule has 0 radical (unpaired) electrons. The summed E-state index contributed by atoms with van der Waals surface area (Å²) in [7, 11) is 1.88. The van der Waals surface area contributed by atoms with Gasteiger partial charge in [0.05, 0.1) is 0 Å². The molecule has 64 valence electrons. The largest absolute Gasteiger partial charge is 0.374 e. The lowest BCUT2D eigenvalue weighted by molar-refractivity contribution is 0.508. The first kappa shape index (κ1) is 7.53. The molecule has 12 heavy (non-hydrogen) atoms. The zero-order valence-corrected chi connectivity index (χ0v) is 6.77. The van der Waals surface area contributed by atoms with Gasteiger partial charge in [0.2, 0.25) is 0 Å². The average Bonchev–Trinajstić information content (AvgIpc) is 2.35. The summed E-state index contributed by atoms with van der Waals surface area (Å²) < 4.78 is 25.5. The van der Waals surface area contributed by atoms with Crippen molar-refractivity contribution in [2.45, 2.75) is 6.42 Å². The Hall–Kier alpha value is -1.12. The first-order valence-electron chi connectivity index (χ1n) is 3.87. The van der Waals surface area contributed by atoms with Crippen LogP contribution in [-0.2, 0) is 6.42 Å². The smallest absolute Gasteiger partial charge is 0.160 e. The number of nitrogens with zero attached hydrogens (tertiary/aromatic N) is 1. The minimum absolute atomic E-state index is 0.746. The Bertz CT molecular complexity index is 323. The number of likely N-dealkylation sites (N-methyl/N-ethyl adjacent to an activating group) is 1. The van der Waals surface area contributed by atoms with Crippen LogP contribution >= 0.6 is 0 Å². The van der Waals surface area contributed by atoms with E-state index in [2.05, 4.69) is 0 Å². The maximum absolute atomic E-state index is 12.7. The van der Waals surface area contributed by atoms with Crippen molar-refractivity contribution in [3.05, 3.63) is 29.3 Å². The van der Waals surface area contributed by atoms with Crippen molar-refractivity contribution < 1.29 is 8.78 Å². The highest BCUT2D eigenvalue weighted by atomic mass is 19.2. The van der Waals surface area contributed by atoms with Gasteiger partial charge >= 0.3 is 0 Å². The van der Waals surface area contributed by atoms with Crippen LogP contribution in [0.4, 0.5) is 14.5 Å². The number of rotatable bonds is 0. The average molecular weight is 169 g/mol. The molecule has 1 nitrogen and oxygen atoms in total. The van der Waals surface area contributed by atoms with Crippen molar-refractivity contribution in [3.63, 3.8) is 0 Å². The van der Waals surface area contributed by atoms with Gasteiger partial charge in [-0.2, -0.15) is 0 Å². The Morgan fingerprint density at radius 2 is 1.92 bits per heavy atom. The molecule has 0 bridgehead atoms. The van der Waals surface area contributed by atoms with Gasteiger partial charge in [-0.25, -0.2) is 8.78 Å². The van der Waals surface area contributed by atoms with Gasteiger partial charge in [0, 0.05) is 25.3 Å². The van der Waals surface area contributed by atoms with Crippen LogP contribution in [0.3, 0.4) is 0 Å². The first-order chi connectivity index (χ1) is 5.68. The van der Waals surface area contributed by atoms with E-state index in [0.717, 1.165) is 24.2 Å². The third kappa shape index (κ3) is 0.967. The van der Waals surface area contributed by atoms with Gasteiger partial charge in [0.25, 0.3) is 0 Å². The number of hydrogen-bond donors (Lipinski definition) is 0. The summed E-state index contributed by atoms with van der Waals surface area (Å²) in [6.07, 6.45) is 0.809. The standard InChI is InChI=1S/C9H9F2N/c1-12-3-2-6-4-7(10)8(11)5-9(6)12/h4-5H,2-3H2,1H3. The normalized spacial score (nSPS) is 15.1. The quantitative estimate of drug-likeness (QED) is 0.573. The second kappa shape index (κ2) is 2.44. The highest BCUT2D eigenvalue weighted by molar-refractivity contribution is 5.57. The van der Waals surface area contributed by atoms with Crippen LogP contribution in [0.5, 0.6) is 0 Å². The second-order valence-corrected chi connectivity index (χ2v) is 3.07. The molecule has 1 aromatic rings. The second-order valence-electron chi connectivity index (χ2n) is 3.07. The number of benzene rings is 1. The van der Waals surface area contributed by atoms with Crippen molar-refractivity contribution in [2.24, 2.45) is 0 Å². The SMILES string of the molecule is CN1CCc2cc(F)c(F)cc21. The molecule has 0 aliphatic carbocycles. The molecule has 0 unspecified atom stereocenters. The lowest BCUT2D eigenvalue weighted by Gasteiger charge is -2.11. The fourth-order valence-corrected chi connectivity index (χ4v) is 1.54. The Labute approximate surface area is 69.6 Å². The van der Waals surface area contributed by atoms with E-state index in [-0.39, 0.29) is 0 Å². The predicted octanol–water partition coefficient (Wildman–Crippen LogP) is 1.96. The van der Waals surface area contributed by atoms with Crippen LogP contribution in [0.15, 0.2) is 12.1 Å². The lowest BCUT2D eigenvalue weighted by atomic mass is 10.1. The van der Waals surface area contributed by atoms with Gasteiger partial charge < -0.3 is 4.90 Å². The molecular weight excluding hydrogens is 160 g/mol. The molecule has 0 fully saturated rings. The van der Waals surface area contributed by atoms with Crippen molar-refractivity contribution in [1.29, 1.82) is 0 Å². The van der Waals surface area contributed by atoms with Gasteiger partial charge in [-0.15, -0.1) is 0 Å². The van der Waals surface area contributed by atoms with Crippen LogP contribution in [-0.4, -0.2) is 13.6 Å². The maximum Gasteiger partial charge on any atom is 0.160 e. The van der Waals surface area contributed by atoms with Gasteiger partial charge in [0.15, 0.2) is 11.6 Å². The summed E-state index contributed by atoms with van der Waals surface area (Å²) in [6, 6.07) is 2.55. The molecule has 0 saturated heterocycles. The molecule has 0 atom stereocenters. The molecule has 0 N–H and O–H groups in total. The molecule has 3 heteroatoms.